The van der Waals surface area contributed by atoms with Crippen molar-refractivity contribution in [3.05, 3.63) is 0 Å². The molecule has 8 nitrogen and oxygen atoms in total. The topological polar surface area (TPSA) is 108 Å². The van der Waals surface area contributed by atoms with Crippen LogP contribution in [0, 0.1) is 0 Å². The maximum absolute atomic E-state index is 12.8. The lowest BCUT2D eigenvalue weighted by Gasteiger charge is -2.30. The molecule has 318 valence electrons. The molecule has 0 spiro atoms. The average molecular weight is 775 g/mol. The van der Waals surface area contributed by atoms with Gasteiger partial charge in [-0.25, -0.2) is 0 Å². The second-order valence-corrected chi connectivity index (χ2v) is 18.5. The van der Waals surface area contributed by atoms with E-state index in [1.807, 2.05) is 21.1 Å². The normalized spacial score (nSPS) is 14.3. The number of aliphatic hydroxyl groups is 1. The van der Waals surface area contributed by atoms with Crippen molar-refractivity contribution in [1.29, 1.82) is 0 Å². The molecule has 0 aliphatic heterocycles. The Balaban J connectivity index is 4.18. The van der Waals surface area contributed by atoms with Crippen molar-refractivity contribution in [3.63, 3.8) is 0 Å². The molecule has 9 heteroatoms. The van der Waals surface area contributed by atoms with Crippen LogP contribution in [0.2, 0.25) is 0 Å². The monoisotopic (exact) mass is 775 g/mol. The third kappa shape index (κ3) is 39.5. The summed E-state index contributed by atoms with van der Waals surface area (Å²) >= 11 is 0. The highest BCUT2D eigenvalue weighted by atomic mass is 31.2. The van der Waals surface area contributed by atoms with Crippen LogP contribution >= 0.6 is 7.82 Å². The SMILES string of the molecule is CCCCCCCCCCCCCCCCCCCCCCCC(=O)N[C@@H](COP(=O)([O-])OCC[N+](C)(C)C)[C@H](O)CCCCCCCCCCCC. The largest absolute Gasteiger partial charge is 0.756 e. The molecule has 0 saturated carbocycles. The van der Waals surface area contributed by atoms with Gasteiger partial charge in [0.1, 0.15) is 13.2 Å². The third-order valence-corrected chi connectivity index (χ3v) is 11.6. The number of aliphatic hydroxyl groups excluding tert-OH is 1. The van der Waals surface area contributed by atoms with Gasteiger partial charge in [-0.05, 0) is 12.8 Å². The molecule has 0 rings (SSSR count). The van der Waals surface area contributed by atoms with E-state index in [0.29, 0.717) is 23.9 Å². The van der Waals surface area contributed by atoms with E-state index in [-0.39, 0.29) is 19.1 Å². The van der Waals surface area contributed by atoms with Crippen molar-refractivity contribution in [2.45, 2.75) is 238 Å². The molecular weight excluding hydrogens is 683 g/mol. The number of hydrogen-bond donors (Lipinski definition) is 2. The van der Waals surface area contributed by atoms with Gasteiger partial charge in [0.05, 0.1) is 39.9 Å². The molecule has 2 N–H and O–H groups in total. The second kappa shape index (κ2) is 37.1. The number of quaternary nitrogens is 1. The summed E-state index contributed by atoms with van der Waals surface area (Å²) in [5, 5.41) is 13.9. The molecule has 0 radical (unpaired) electrons. The Bertz CT molecular complexity index is 839. The van der Waals surface area contributed by atoms with E-state index in [9.17, 15) is 19.4 Å². The maximum Gasteiger partial charge on any atom is 0.268 e. The molecule has 0 bridgehead atoms. The summed E-state index contributed by atoms with van der Waals surface area (Å²) in [5.41, 5.74) is 0. The predicted molar refractivity (Wildman–Crippen MR) is 224 cm³/mol. The highest BCUT2D eigenvalue weighted by molar-refractivity contribution is 7.45. The number of amides is 1. The van der Waals surface area contributed by atoms with Crippen molar-refractivity contribution in [1.82, 2.24) is 5.32 Å². The van der Waals surface area contributed by atoms with Gasteiger partial charge in [0, 0.05) is 6.42 Å². The highest BCUT2D eigenvalue weighted by Gasteiger charge is 2.24. The minimum absolute atomic E-state index is 0.0158. The number of nitrogens with zero attached hydrogens (tertiary/aromatic N) is 1. The van der Waals surface area contributed by atoms with Crippen LogP contribution in [-0.2, 0) is 18.4 Å². The first kappa shape index (κ1) is 52.5. The number of phosphoric ester groups is 1. The van der Waals surface area contributed by atoms with Crippen molar-refractivity contribution in [2.75, 3.05) is 40.9 Å². The van der Waals surface area contributed by atoms with Crippen LogP contribution in [0.25, 0.3) is 0 Å². The van der Waals surface area contributed by atoms with E-state index in [0.717, 1.165) is 38.5 Å². The maximum atomic E-state index is 12.8. The van der Waals surface area contributed by atoms with Gasteiger partial charge in [-0.3, -0.25) is 9.36 Å². The van der Waals surface area contributed by atoms with E-state index < -0.39 is 20.0 Å². The van der Waals surface area contributed by atoms with Gasteiger partial charge in [0.15, 0.2) is 0 Å². The number of likely N-dealkylation sites (N-methyl/N-ethyl adjacent to an activating group) is 1. The molecule has 0 aliphatic rings. The molecule has 1 amide bonds. The quantitative estimate of drug-likeness (QED) is 0.0363. The third-order valence-electron chi connectivity index (χ3n) is 10.6. The van der Waals surface area contributed by atoms with Gasteiger partial charge in [-0.1, -0.05) is 206 Å². The van der Waals surface area contributed by atoms with Crippen LogP contribution in [0.1, 0.15) is 226 Å². The lowest BCUT2D eigenvalue weighted by atomic mass is 10.0. The van der Waals surface area contributed by atoms with Gasteiger partial charge in [0.2, 0.25) is 5.91 Å². The summed E-state index contributed by atoms with van der Waals surface area (Å²) in [5.74, 6) is -0.162. The summed E-state index contributed by atoms with van der Waals surface area (Å²) in [4.78, 5) is 25.3. The van der Waals surface area contributed by atoms with Crippen LogP contribution in [0.3, 0.4) is 0 Å². The Kier molecular flexibility index (Phi) is 36.7. The molecule has 53 heavy (non-hydrogen) atoms. The number of phosphoric acid groups is 1. The highest BCUT2D eigenvalue weighted by Crippen LogP contribution is 2.38. The molecule has 3 atom stereocenters. The van der Waals surface area contributed by atoms with Crippen molar-refractivity contribution < 1.29 is 32.9 Å². The van der Waals surface area contributed by atoms with Gasteiger partial charge in [-0.15, -0.1) is 0 Å². The molecule has 0 aromatic heterocycles. The van der Waals surface area contributed by atoms with Crippen LogP contribution in [0.15, 0.2) is 0 Å². The lowest BCUT2D eigenvalue weighted by molar-refractivity contribution is -0.870. The number of nitrogens with one attached hydrogen (secondary N) is 1. The molecular formula is C44H91N2O6P. The first-order chi connectivity index (χ1) is 25.5. The standard InChI is InChI=1S/C44H91N2O6P/c1-6-8-10-12-14-16-18-19-20-21-22-23-24-25-26-27-28-30-32-34-36-38-44(48)45-42(41-52-53(49,50)51-40-39-46(3,4)5)43(47)37-35-33-31-29-17-15-13-11-9-7-2/h42-43,47H,6-41H2,1-5H3,(H-,45,48,49,50)/t42-,43+/m0/s1. The summed E-state index contributed by atoms with van der Waals surface area (Å²) in [6, 6.07) is -0.791. The predicted octanol–water partition coefficient (Wildman–Crippen LogP) is 12.0. The number of unbranched alkanes of at least 4 members (excludes halogenated alkanes) is 29. The Hall–Kier alpha value is -0.500. The average Bonchev–Trinajstić information content (AvgIpc) is 3.10. The van der Waals surface area contributed by atoms with Gasteiger partial charge in [0.25, 0.3) is 7.82 Å². The van der Waals surface area contributed by atoms with E-state index >= 15 is 0 Å². The Morgan fingerprint density at radius 3 is 1.28 bits per heavy atom. The second-order valence-electron chi connectivity index (χ2n) is 17.1. The summed E-state index contributed by atoms with van der Waals surface area (Å²) in [7, 11) is 1.32. The first-order valence-electron chi connectivity index (χ1n) is 22.9. The number of rotatable bonds is 42. The molecule has 0 aromatic carbocycles. The van der Waals surface area contributed by atoms with Crippen LogP contribution in [0.5, 0.6) is 0 Å². The molecule has 0 fully saturated rings. The number of carbonyl (C=O) groups is 1. The fourth-order valence-electron chi connectivity index (χ4n) is 6.92. The Morgan fingerprint density at radius 1 is 0.585 bits per heavy atom. The van der Waals surface area contributed by atoms with E-state index in [1.54, 1.807) is 0 Å². The molecule has 0 aliphatic carbocycles. The summed E-state index contributed by atoms with van der Waals surface area (Å²) in [6.07, 6.45) is 39.7. The number of hydrogen-bond acceptors (Lipinski definition) is 6. The zero-order valence-electron chi connectivity index (χ0n) is 36.0. The van der Waals surface area contributed by atoms with Crippen LogP contribution in [0.4, 0.5) is 0 Å². The summed E-state index contributed by atoms with van der Waals surface area (Å²) < 4.78 is 23.2. The Morgan fingerprint density at radius 2 is 0.925 bits per heavy atom. The van der Waals surface area contributed by atoms with Gasteiger partial charge in [-0.2, -0.15) is 0 Å². The van der Waals surface area contributed by atoms with Crippen molar-refractivity contribution in [2.24, 2.45) is 0 Å². The fraction of sp³-hybridized carbons (Fsp3) is 0.977. The smallest absolute Gasteiger partial charge is 0.268 e. The van der Waals surface area contributed by atoms with E-state index in [1.165, 1.54) is 161 Å². The molecule has 0 saturated heterocycles. The zero-order chi connectivity index (χ0) is 39.3. The first-order valence-corrected chi connectivity index (χ1v) is 24.3. The van der Waals surface area contributed by atoms with Crippen molar-refractivity contribution in [3.8, 4) is 0 Å². The zero-order valence-corrected chi connectivity index (χ0v) is 36.9. The molecule has 1 unspecified atom stereocenters. The van der Waals surface area contributed by atoms with Crippen LogP contribution < -0.4 is 10.2 Å². The minimum Gasteiger partial charge on any atom is -0.756 e. The van der Waals surface area contributed by atoms with Crippen molar-refractivity contribution >= 4 is 13.7 Å². The Labute approximate surface area is 329 Å². The van der Waals surface area contributed by atoms with Crippen LogP contribution in [-0.4, -0.2) is 68.5 Å². The molecule has 0 heterocycles. The van der Waals surface area contributed by atoms with Gasteiger partial charge >= 0.3 is 0 Å². The van der Waals surface area contributed by atoms with E-state index in [4.69, 9.17) is 9.05 Å². The minimum atomic E-state index is -4.55. The lowest BCUT2D eigenvalue weighted by Crippen LogP contribution is -2.46. The number of carbonyl (C=O) groups excluding carboxylic acids is 1. The van der Waals surface area contributed by atoms with Gasteiger partial charge < -0.3 is 28.8 Å². The fourth-order valence-corrected chi connectivity index (χ4v) is 7.65. The molecule has 0 aromatic rings. The van der Waals surface area contributed by atoms with E-state index in [2.05, 4.69) is 19.2 Å². The summed E-state index contributed by atoms with van der Waals surface area (Å²) in [6.45, 7) is 4.72.